The molecule has 4 nitrogen and oxygen atoms in total. The number of anilines is 1. The fourth-order valence-corrected chi connectivity index (χ4v) is 7.70. The quantitative estimate of drug-likeness (QED) is 0.464. The molecule has 5 rings (SSSR count). The van der Waals surface area contributed by atoms with Gasteiger partial charge in [0.25, 0.3) is 0 Å². The van der Waals surface area contributed by atoms with Crippen molar-refractivity contribution in [3.05, 3.63) is 41.4 Å². The highest BCUT2D eigenvalue weighted by molar-refractivity contribution is 8.29. The van der Waals surface area contributed by atoms with Gasteiger partial charge in [-0.15, -0.1) is 11.3 Å². The van der Waals surface area contributed by atoms with Gasteiger partial charge in [-0.3, -0.25) is 0 Å². The topological polar surface area (TPSA) is 54.5 Å². The summed E-state index contributed by atoms with van der Waals surface area (Å²) in [5, 5.41) is 1.30. The standard InChI is InChI=1S/C21H24N4S2/c1-21(2)15(7-9-25(21)3)17-11-14-18(6-8-23-20(14)26-17)27-12-24-16-10-13(22)4-5-19(16)27/h4-6,8,10-12,15,27H,7,9,22H2,1-3H3. The van der Waals surface area contributed by atoms with Gasteiger partial charge < -0.3 is 10.6 Å². The first-order chi connectivity index (χ1) is 12.9. The van der Waals surface area contributed by atoms with Crippen molar-refractivity contribution in [1.82, 2.24) is 9.88 Å². The van der Waals surface area contributed by atoms with Gasteiger partial charge in [0.15, 0.2) is 0 Å². The highest BCUT2D eigenvalue weighted by atomic mass is 32.2. The summed E-state index contributed by atoms with van der Waals surface area (Å²) in [5.74, 6) is 0.562. The van der Waals surface area contributed by atoms with Gasteiger partial charge in [0.1, 0.15) is 4.83 Å². The summed E-state index contributed by atoms with van der Waals surface area (Å²) in [4.78, 5) is 17.1. The molecule has 1 aromatic carbocycles. The second-order valence-corrected chi connectivity index (χ2v) is 11.0. The van der Waals surface area contributed by atoms with Gasteiger partial charge >= 0.3 is 0 Å². The minimum absolute atomic E-state index is 0.186. The maximum atomic E-state index is 5.94. The number of pyridine rings is 1. The van der Waals surface area contributed by atoms with Gasteiger partial charge in [-0.05, 0) is 64.2 Å². The van der Waals surface area contributed by atoms with Crippen LogP contribution in [0, 0.1) is 0 Å². The first-order valence-electron chi connectivity index (χ1n) is 9.28. The van der Waals surface area contributed by atoms with Crippen molar-refractivity contribution in [3.63, 3.8) is 0 Å². The predicted octanol–water partition coefficient (Wildman–Crippen LogP) is 5.17. The fraction of sp³-hybridized carbons (Fsp3) is 0.333. The number of thiophene rings is 1. The van der Waals surface area contributed by atoms with Gasteiger partial charge in [0.2, 0.25) is 0 Å². The van der Waals surface area contributed by atoms with E-state index in [2.05, 4.69) is 54.5 Å². The molecule has 0 amide bonds. The van der Waals surface area contributed by atoms with Crippen LogP contribution in [0.5, 0.6) is 0 Å². The van der Waals surface area contributed by atoms with Crippen LogP contribution in [0.25, 0.3) is 10.2 Å². The summed E-state index contributed by atoms with van der Waals surface area (Å²) in [5.41, 5.74) is 10.0. The highest BCUT2D eigenvalue weighted by Gasteiger charge is 2.40. The summed E-state index contributed by atoms with van der Waals surface area (Å²) in [6.07, 6.45) is 3.17. The van der Waals surface area contributed by atoms with Crippen molar-refractivity contribution in [2.24, 2.45) is 4.99 Å². The number of likely N-dealkylation sites (tertiary alicyclic amines) is 1. The molecule has 0 aliphatic carbocycles. The zero-order chi connectivity index (χ0) is 18.8. The first-order valence-corrected chi connectivity index (χ1v) is 11.5. The molecule has 2 aliphatic heterocycles. The lowest BCUT2D eigenvalue weighted by Crippen LogP contribution is -2.38. The predicted molar refractivity (Wildman–Crippen MR) is 118 cm³/mol. The number of likely N-dealkylation sites (N-methyl/N-ethyl adjacent to an activating group) is 1. The minimum Gasteiger partial charge on any atom is -0.399 e. The summed E-state index contributed by atoms with van der Waals surface area (Å²) in [6.45, 7) is 5.87. The fourth-order valence-electron chi connectivity index (χ4n) is 4.27. The van der Waals surface area contributed by atoms with E-state index in [0.29, 0.717) is 5.92 Å². The van der Waals surface area contributed by atoms with Crippen LogP contribution < -0.4 is 5.73 Å². The van der Waals surface area contributed by atoms with E-state index >= 15 is 0 Å². The van der Waals surface area contributed by atoms with Crippen molar-refractivity contribution >= 4 is 49.4 Å². The molecule has 0 radical (unpaired) electrons. The molecule has 2 aliphatic rings. The van der Waals surface area contributed by atoms with Crippen LogP contribution in [-0.2, 0) is 0 Å². The summed E-state index contributed by atoms with van der Waals surface area (Å²) < 4.78 is 0. The lowest BCUT2D eigenvalue weighted by Gasteiger charge is -2.32. The molecule has 140 valence electrons. The van der Waals surface area contributed by atoms with Crippen molar-refractivity contribution in [1.29, 1.82) is 0 Å². The first kappa shape index (κ1) is 17.2. The Kier molecular flexibility index (Phi) is 3.86. The molecule has 2 N–H and O–H groups in total. The Morgan fingerprint density at radius 2 is 2.07 bits per heavy atom. The molecule has 1 fully saturated rings. The third kappa shape index (κ3) is 2.62. The average Bonchev–Trinajstić information content (AvgIpc) is 3.30. The molecule has 6 heteroatoms. The number of rotatable bonds is 2. The van der Waals surface area contributed by atoms with E-state index in [9.17, 15) is 0 Å². The molecule has 3 aromatic rings. The van der Waals surface area contributed by atoms with E-state index < -0.39 is 10.9 Å². The highest BCUT2D eigenvalue weighted by Crippen LogP contribution is 2.54. The third-order valence-electron chi connectivity index (χ3n) is 6.20. The molecular weight excluding hydrogens is 372 g/mol. The number of nitrogens with two attached hydrogens (primary N) is 1. The van der Waals surface area contributed by atoms with Crippen LogP contribution in [0.4, 0.5) is 11.4 Å². The molecule has 0 bridgehead atoms. The number of benzene rings is 1. The Morgan fingerprint density at radius 3 is 2.85 bits per heavy atom. The molecule has 2 unspecified atom stereocenters. The van der Waals surface area contributed by atoms with Crippen LogP contribution in [0.3, 0.4) is 0 Å². The average molecular weight is 397 g/mol. The Balaban J connectivity index is 1.60. The van der Waals surface area contributed by atoms with E-state index in [1.807, 2.05) is 29.7 Å². The lowest BCUT2D eigenvalue weighted by atomic mass is 9.87. The van der Waals surface area contributed by atoms with Gasteiger partial charge in [0.05, 0.1) is 5.69 Å². The van der Waals surface area contributed by atoms with Crippen molar-refractivity contribution in [2.45, 2.75) is 41.5 Å². The van der Waals surface area contributed by atoms with Gasteiger partial charge in [-0.1, -0.05) is 0 Å². The number of aliphatic imine (C=N–C) groups is 1. The Labute approximate surface area is 166 Å². The second-order valence-electron chi connectivity index (χ2n) is 7.98. The maximum Gasteiger partial charge on any atom is 0.124 e. The number of nitrogen functional groups attached to an aromatic ring is 1. The van der Waals surface area contributed by atoms with Crippen molar-refractivity contribution in [3.8, 4) is 0 Å². The zero-order valence-electron chi connectivity index (χ0n) is 15.8. The van der Waals surface area contributed by atoms with Gasteiger partial charge in [-0.2, -0.15) is 10.9 Å². The number of nitrogens with zero attached hydrogens (tertiary/aromatic N) is 3. The Morgan fingerprint density at radius 1 is 1.22 bits per heavy atom. The molecule has 1 saturated heterocycles. The maximum absolute atomic E-state index is 5.94. The smallest absolute Gasteiger partial charge is 0.124 e. The van der Waals surface area contributed by atoms with Crippen molar-refractivity contribution in [2.75, 3.05) is 19.3 Å². The van der Waals surface area contributed by atoms with Gasteiger partial charge in [-0.25, -0.2) is 9.98 Å². The molecule has 2 atom stereocenters. The number of hydrogen-bond acceptors (Lipinski definition) is 5. The van der Waals surface area contributed by atoms with E-state index in [4.69, 9.17) is 10.7 Å². The number of fused-ring (bicyclic) bond motifs is 2. The van der Waals surface area contributed by atoms with Crippen LogP contribution in [-0.4, -0.2) is 34.6 Å². The molecular formula is C21H24N4S2. The Bertz CT molecular complexity index is 1070. The second kappa shape index (κ2) is 6.06. The Hall–Kier alpha value is -1.89. The number of hydrogen-bond donors (Lipinski definition) is 2. The largest absolute Gasteiger partial charge is 0.399 e. The van der Waals surface area contributed by atoms with E-state index in [-0.39, 0.29) is 5.54 Å². The molecule has 2 aromatic heterocycles. The van der Waals surface area contributed by atoms with E-state index in [1.54, 1.807) is 0 Å². The zero-order valence-corrected chi connectivity index (χ0v) is 17.5. The van der Waals surface area contributed by atoms with Gasteiger partial charge in [0, 0.05) is 48.9 Å². The lowest BCUT2D eigenvalue weighted by molar-refractivity contribution is 0.203. The van der Waals surface area contributed by atoms with Crippen LogP contribution in [0.15, 0.2) is 51.3 Å². The van der Waals surface area contributed by atoms with E-state index in [0.717, 1.165) is 22.7 Å². The van der Waals surface area contributed by atoms with Crippen molar-refractivity contribution < 1.29 is 0 Å². The van der Waals surface area contributed by atoms with Crippen LogP contribution >= 0.6 is 22.2 Å². The SMILES string of the molecule is CN1CCC(c2cc3c([SH]4C=Nc5cc(N)ccc54)ccnc3s2)C1(C)C. The third-order valence-corrected chi connectivity index (χ3v) is 9.51. The monoisotopic (exact) mass is 396 g/mol. The van der Waals surface area contributed by atoms with E-state index in [1.165, 1.54) is 26.5 Å². The minimum atomic E-state index is -0.591. The number of thiol groups is 1. The number of aromatic nitrogens is 1. The normalized spacial score (nSPS) is 25.3. The molecule has 27 heavy (non-hydrogen) atoms. The molecule has 0 saturated carbocycles. The summed E-state index contributed by atoms with van der Waals surface area (Å²) in [6, 6.07) is 10.7. The van der Waals surface area contributed by atoms with Crippen LogP contribution in [0.1, 0.15) is 31.1 Å². The molecule has 4 heterocycles. The van der Waals surface area contributed by atoms with Crippen LogP contribution in [0.2, 0.25) is 0 Å². The summed E-state index contributed by atoms with van der Waals surface area (Å²) in [7, 11) is 1.64. The molecule has 0 spiro atoms. The summed E-state index contributed by atoms with van der Waals surface area (Å²) >= 11 is 1.86.